The Labute approximate surface area is 137 Å². The topological polar surface area (TPSA) is 3.24 Å². The summed E-state index contributed by atoms with van der Waals surface area (Å²) in [5.74, 6) is 2.53. The Hall–Kier alpha value is -0.240. The number of halogens is 2. The molecule has 5 rings (SSSR count). The summed E-state index contributed by atoms with van der Waals surface area (Å²) in [5, 5.41) is 1.40. The van der Waals surface area contributed by atoms with Crippen LogP contribution in [-0.4, -0.2) is 25.0 Å². The largest absolute Gasteiger partial charge is 0.305 e. The second-order valence-corrected chi connectivity index (χ2v) is 8.25. The standard InChI is InChI=1S/C18H23Cl2N/c1-21-10-15-12-3-2-4-13(6-5-12)18(15,11-21)14-7-8-16(19)17(20)9-14/h7-9,12-13,15H,2-6,10-11H2,1H3. The van der Waals surface area contributed by atoms with E-state index in [4.69, 9.17) is 23.2 Å². The first kappa shape index (κ1) is 14.4. The zero-order valence-electron chi connectivity index (χ0n) is 12.6. The van der Waals surface area contributed by atoms with Crippen molar-refractivity contribution in [1.82, 2.24) is 4.90 Å². The predicted molar refractivity (Wildman–Crippen MR) is 89.2 cm³/mol. The van der Waals surface area contributed by atoms with Crippen molar-refractivity contribution in [2.75, 3.05) is 20.1 Å². The van der Waals surface area contributed by atoms with Crippen molar-refractivity contribution in [1.29, 1.82) is 0 Å². The van der Waals surface area contributed by atoms with Gasteiger partial charge in [0.05, 0.1) is 10.0 Å². The number of rotatable bonds is 1. The second kappa shape index (κ2) is 5.15. The van der Waals surface area contributed by atoms with E-state index in [1.165, 1.54) is 50.8 Å². The molecule has 1 aliphatic heterocycles. The van der Waals surface area contributed by atoms with E-state index >= 15 is 0 Å². The Morgan fingerprint density at radius 1 is 1.10 bits per heavy atom. The van der Waals surface area contributed by atoms with Crippen LogP contribution >= 0.6 is 23.2 Å². The minimum Gasteiger partial charge on any atom is -0.305 e. The van der Waals surface area contributed by atoms with E-state index < -0.39 is 0 Å². The third-order valence-electron chi connectivity index (χ3n) is 6.47. The molecule has 4 fully saturated rings. The molecule has 4 unspecified atom stereocenters. The van der Waals surface area contributed by atoms with Gasteiger partial charge in [0, 0.05) is 18.5 Å². The molecule has 0 radical (unpaired) electrons. The lowest BCUT2D eigenvalue weighted by Crippen LogP contribution is -2.47. The first-order chi connectivity index (χ1) is 10.1. The van der Waals surface area contributed by atoms with Gasteiger partial charge < -0.3 is 4.90 Å². The Morgan fingerprint density at radius 2 is 1.95 bits per heavy atom. The van der Waals surface area contributed by atoms with E-state index in [9.17, 15) is 0 Å². The molecule has 1 nitrogen and oxygen atoms in total. The van der Waals surface area contributed by atoms with Crippen molar-refractivity contribution >= 4 is 23.2 Å². The molecule has 1 aromatic carbocycles. The molecule has 3 aliphatic carbocycles. The number of benzene rings is 1. The molecule has 1 heterocycles. The Balaban J connectivity index is 1.86. The zero-order valence-corrected chi connectivity index (χ0v) is 14.1. The molecule has 2 bridgehead atoms. The number of hydrogen-bond acceptors (Lipinski definition) is 1. The number of likely N-dealkylation sites (tertiary alicyclic amines) is 1. The summed E-state index contributed by atoms with van der Waals surface area (Å²) in [5.41, 5.74) is 1.77. The van der Waals surface area contributed by atoms with Crippen LogP contribution in [0.2, 0.25) is 10.0 Å². The van der Waals surface area contributed by atoms with Gasteiger partial charge in [0.2, 0.25) is 0 Å². The minimum absolute atomic E-state index is 0.322. The van der Waals surface area contributed by atoms with Crippen LogP contribution in [0.3, 0.4) is 0 Å². The first-order valence-corrected chi connectivity index (χ1v) is 9.01. The fraction of sp³-hybridized carbons (Fsp3) is 0.667. The van der Waals surface area contributed by atoms with Crippen molar-refractivity contribution in [2.45, 2.75) is 37.5 Å². The Kier molecular flexibility index (Phi) is 3.52. The highest BCUT2D eigenvalue weighted by atomic mass is 35.5. The molecule has 4 atom stereocenters. The summed E-state index contributed by atoms with van der Waals surface area (Å²) in [4.78, 5) is 2.55. The third-order valence-corrected chi connectivity index (χ3v) is 7.21. The summed E-state index contributed by atoms with van der Waals surface area (Å²) >= 11 is 12.5. The predicted octanol–water partition coefficient (Wildman–Crippen LogP) is 5.00. The number of likely N-dealkylation sites (N-methyl/N-ethyl adjacent to an activating group) is 1. The second-order valence-electron chi connectivity index (χ2n) is 7.44. The maximum Gasteiger partial charge on any atom is 0.0595 e. The summed E-state index contributed by atoms with van der Waals surface area (Å²) in [6.45, 7) is 2.44. The van der Waals surface area contributed by atoms with Crippen LogP contribution in [0.4, 0.5) is 0 Å². The average Bonchev–Trinajstić information content (AvgIpc) is 2.62. The van der Waals surface area contributed by atoms with Crippen LogP contribution in [0.25, 0.3) is 0 Å². The Morgan fingerprint density at radius 3 is 2.76 bits per heavy atom. The minimum atomic E-state index is 0.322. The molecular weight excluding hydrogens is 301 g/mol. The molecule has 0 N–H and O–H groups in total. The van der Waals surface area contributed by atoms with Crippen molar-refractivity contribution < 1.29 is 0 Å². The summed E-state index contributed by atoms with van der Waals surface area (Å²) < 4.78 is 0. The van der Waals surface area contributed by atoms with Crippen LogP contribution < -0.4 is 0 Å². The highest BCUT2D eigenvalue weighted by molar-refractivity contribution is 6.42. The number of hydrogen-bond donors (Lipinski definition) is 0. The van der Waals surface area contributed by atoms with Gasteiger partial charge in [0.25, 0.3) is 0 Å². The molecule has 3 saturated carbocycles. The molecule has 0 spiro atoms. The summed E-state index contributed by atoms with van der Waals surface area (Å²) in [6, 6.07) is 6.42. The smallest absolute Gasteiger partial charge is 0.0595 e. The lowest BCUT2D eigenvalue weighted by atomic mass is 9.56. The zero-order chi connectivity index (χ0) is 14.6. The highest BCUT2D eigenvalue weighted by Gasteiger charge is 2.57. The van der Waals surface area contributed by atoms with Crippen LogP contribution in [0.15, 0.2) is 18.2 Å². The van der Waals surface area contributed by atoms with Gasteiger partial charge in [0.1, 0.15) is 0 Å². The van der Waals surface area contributed by atoms with Gasteiger partial charge in [-0.3, -0.25) is 0 Å². The average molecular weight is 324 g/mol. The molecular formula is C18H23Cl2N. The lowest BCUT2D eigenvalue weighted by Gasteiger charge is -2.47. The van der Waals surface area contributed by atoms with Crippen molar-refractivity contribution in [3.8, 4) is 0 Å². The maximum absolute atomic E-state index is 6.35. The van der Waals surface area contributed by atoms with E-state index in [2.05, 4.69) is 24.1 Å². The van der Waals surface area contributed by atoms with Gasteiger partial charge in [0.15, 0.2) is 0 Å². The normalized spacial score (nSPS) is 39.3. The van der Waals surface area contributed by atoms with E-state index in [-0.39, 0.29) is 0 Å². The van der Waals surface area contributed by atoms with Gasteiger partial charge in [-0.2, -0.15) is 0 Å². The molecule has 0 amide bonds. The maximum atomic E-state index is 6.35. The van der Waals surface area contributed by atoms with Crippen LogP contribution in [0.1, 0.15) is 37.7 Å². The van der Waals surface area contributed by atoms with Crippen LogP contribution in [0.5, 0.6) is 0 Å². The van der Waals surface area contributed by atoms with Crippen LogP contribution in [0, 0.1) is 17.8 Å². The van der Waals surface area contributed by atoms with Gasteiger partial charge >= 0.3 is 0 Å². The van der Waals surface area contributed by atoms with Crippen molar-refractivity contribution in [2.24, 2.45) is 17.8 Å². The molecule has 114 valence electrons. The fourth-order valence-electron chi connectivity index (χ4n) is 5.70. The van der Waals surface area contributed by atoms with Crippen LogP contribution in [-0.2, 0) is 5.41 Å². The first-order valence-electron chi connectivity index (χ1n) is 8.25. The van der Waals surface area contributed by atoms with E-state index in [1.807, 2.05) is 6.07 Å². The van der Waals surface area contributed by atoms with E-state index in [0.29, 0.717) is 10.4 Å². The van der Waals surface area contributed by atoms with Crippen molar-refractivity contribution in [3.05, 3.63) is 33.8 Å². The molecule has 1 saturated heterocycles. The number of fused-ring (bicyclic) bond motifs is 3. The lowest BCUT2D eigenvalue weighted by molar-refractivity contribution is 0.111. The molecule has 4 aliphatic rings. The van der Waals surface area contributed by atoms with Gasteiger partial charge in [-0.15, -0.1) is 0 Å². The summed E-state index contributed by atoms with van der Waals surface area (Å²) in [7, 11) is 2.29. The monoisotopic (exact) mass is 323 g/mol. The van der Waals surface area contributed by atoms with E-state index in [1.54, 1.807) is 0 Å². The van der Waals surface area contributed by atoms with E-state index in [0.717, 1.165) is 22.8 Å². The SMILES string of the molecule is CN1CC2C3CCCC(CC3)C2(c2ccc(Cl)c(Cl)c2)C1. The number of nitrogens with zero attached hydrogens (tertiary/aromatic N) is 1. The van der Waals surface area contributed by atoms with Gasteiger partial charge in [-0.1, -0.05) is 42.1 Å². The van der Waals surface area contributed by atoms with Gasteiger partial charge in [-0.25, -0.2) is 0 Å². The van der Waals surface area contributed by atoms with Crippen molar-refractivity contribution in [3.63, 3.8) is 0 Å². The molecule has 0 aromatic heterocycles. The molecule has 21 heavy (non-hydrogen) atoms. The highest BCUT2D eigenvalue weighted by Crippen LogP contribution is 2.58. The quantitative estimate of drug-likeness (QED) is 0.702. The summed E-state index contributed by atoms with van der Waals surface area (Å²) in [6.07, 6.45) is 7.07. The fourth-order valence-corrected chi connectivity index (χ4v) is 6.00. The Bertz CT molecular complexity index is 554. The van der Waals surface area contributed by atoms with Gasteiger partial charge in [-0.05, 0) is 61.8 Å². The molecule has 1 aromatic rings. The third kappa shape index (κ3) is 2.08. The molecule has 3 heteroatoms.